The zero-order chi connectivity index (χ0) is 32.9. The lowest BCUT2D eigenvalue weighted by atomic mass is 9.39. The van der Waals surface area contributed by atoms with Crippen LogP contribution in [0, 0.1) is 22.7 Å². The first-order valence-electron chi connectivity index (χ1n) is 15.6. The minimum Gasteiger partial charge on any atom is -0.504 e. The van der Waals surface area contributed by atoms with E-state index < -0.39 is 39.0 Å². The Labute approximate surface area is 261 Å². The number of hydrogen-bond donors (Lipinski definition) is 2. The van der Waals surface area contributed by atoms with E-state index in [9.17, 15) is 15.0 Å². The molecule has 0 saturated heterocycles. The van der Waals surface area contributed by atoms with Crippen LogP contribution < -0.4 is 5.43 Å². The SMILES string of the molecule is C=C(C)[C@@H](CC=C(C)C)C[C@@]12C[C@@H](CC=C(C)C)C(C)(C)[C@@](CC=C(C)C)(C(=O)c3c1oc1cc(O)c(O)cc1c3=O)C2=O. The first-order chi connectivity index (χ1) is 20.4. The van der Waals surface area contributed by atoms with Crippen LogP contribution in [0.2, 0.25) is 0 Å². The van der Waals surface area contributed by atoms with Gasteiger partial charge in [0.25, 0.3) is 0 Å². The molecule has 0 radical (unpaired) electrons. The molecule has 0 unspecified atom stereocenters. The van der Waals surface area contributed by atoms with Gasteiger partial charge in [0.1, 0.15) is 22.3 Å². The lowest BCUT2D eigenvalue weighted by Gasteiger charge is -2.60. The highest BCUT2D eigenvalue weighted by atomic mass is 16.3. The fraction of sp³-hybridized carbons (Fsp3) is 0.500. The number of carbonyl (C=O) groups excluding carboxylic acids is 2. The third-order valence-corrected chi connectivity index (χ3v) is 10.3. The predicted molar refractivity (Wildman–Crippen MR) is 176 cm³/mol. The Morgan fingerprint density at radius 2 is 1.55 bits per heavy atom. The molecule has 2 bridgehead atoms. The van der Waals surface area contributed by atoms with Gasteiger partial charge in [-0.15, -0.1) is 0 Å². The van der Waals surface area contributed by atoms with E-state index in [1.807, 2.05) is 68.4 Å². The molecule has 1 fully saturated rings. The predicted octanol–water partition coefficient (Wildman–Crippen LogP) is 8.89. The second kappa shape index (κ2) is 11.7. The summed E-state index contributed by atoms with van der Waals surface area (Å²) in [7, 11) is 0. The number of fused-ring (bicyclic) bond motifs is 5. The topological polar surface area (TPSA) is 105 Å². The third-order valence-electron chi connectivity index (χ3n) is 10.3. The molecular formula is C38H48O6. The van der Waals surface area contributed by atoms with E-state index in [1.54, 1.807) is 0 Å². The number of phenolic OH excluding ortho intramolecular Hbond substituents is 2. The van der Waals surface area contributed by atoms with Crippen LogP contribution in [-0.2, 0) is 10.2 Å². The molecule has 4 atom stereocenters. The second-order valence-electron chi connectivity index (χ2n) is 14.5. The normalized spacial score (nSPS) is 24.3. The zero-order valence-corrected chi connectivity index (χ0v) is 27.8. The number of carbonyl (C=O) groups is 2. The molecule has 0 aliphatic heterocycles. The molecule has 1 aromatic carbocycles. The van der Waals surface area contributed by atoms with Crippen LogP contribution in [0.25, 0.3) is 11.0 Å². The molecule has 1 heterocycles. The summed E-state index contributed by atoms with van der Waals surface area (Å²) in [6.07, 6.45) is 8.49. The van der Waals surface area contributed by atoms with Gasteiger partial charge in [0.15, 0.2) is 23.1 Å². The first kappa shape index (κ1) is 33.2. The van der Waals surface area contributed by atoms with E-state index in [2.05, 4.69) is 18.7 Å². The summed E-state index contributed by atoms with van der Waals surface area (Å²) in [5.41, 5.74) is -0.0614. The fourth-order valence-corrected chi connectivity index (χ4v) is 7.47. The Morgan fingerprint density at radius 1 is 0.955 bits per heavy atom. The average molecular weight is 601 g/mol. The Morgan fingerprint density at radius 3 is 2.11 bits per heavy atom. The summed E-state index contributed by atoms with van der Waals surface area (Å²) < 4.78 is 6.46. The van der Waals surface area contributed by atoms with E-state index in [-0.39, 0.29) is 46.3 Å². The van der Waals surface area contributed by atoms with E-state index in [1.165, 1.54) is 6.07 Å². The molecule has 6 nitrogen and oxygen atoms in total. The fourth-order valence-electron chi connectivity index (χ4n) is 7.47. The van der Waals surface area contributed by atoms with Crippen molar-refractivity contribution in [2.75, 3.05) is 0 Å². The van der Waals surface area contributed by atoms with Crippen LogP contribution in [0.15, 0.2) is 68.4 Å². The zero-order valence-electron chi connectivity index (χ0n) is 27.8. The minimum atomic E-state index is -1.51. The first-order valence-corrected chi connectivity index (χ1v) is 15.6. The van der Waals surface area contributed by atoms with Gasteiger partial charge >= 0.3 is 0 Å². The number of hydrogen-bond acceptors (Lipinski definition) is 6. The van der Waals surface area contributed by atoms with Crippen LogP contribution in [0.1, 0.15) is 111 Å². The monoisotopic (exact) mass is 600 g/mol. The molecule has 2 aliphatic rings. The number of phenols is 2. The average Bonchev–Trinajstić information content (AvgIpc) is 2.91. The Balaban J connectivity index is 2.19. The van der Waals surface area contributed by atoms with E-state index >= 15 is 9.59 Å². The van der Waals surface area contributed by atoms with Crippen molar-refractivity contribution in [2.24, 2.45) is 22.7 Å². The summed E-state index contributed by atoms with van der Waals surface area (Å²) in [6.45, 7) is 22.3. The van der Waals surface area contributed by atoms with Gasteiger partial charge in [0.2, 0.25) is 5.43 Å². The molecule has 1 aromatic heterocycles. The number of ketones is 2. The second-order valence-corrected chi connectivity index (χ2v) is 14.5. The van der Waals surface area contributed by atoms with E-state index in [0.717, 1.165) is 28.4 Å². The van der Waals surface area contributed by atoms with E-state index in [0.29, 0.717) is 25.7 Å². The third kappa shape index (κ3) is 5.20. The quantitative estimate of drug-likeness (QED) is 0.169. The highest BCUT2D eigenvalue weighted by Gasteiger charge is 2.72. The molecule has 1 saturated carbocycles. The Hall–Kier alpha value is -3.67. The van der Waals surface area contributed by atoms with E-state index in [4.69, 9.17) is 4.42 Å². The molecule has 2 N–H and O–H groups in total. The molecule has 0 amide bonds. The number of allylic oxidation sites excluding steroid dienone is 7. The molecular weight excluding hydrogens is 552 g/mol. The van der Waals surface area contributed by atoms with Crippen molar-refractivity contribution in [3.8, 4) is 11.5 Å². The molecule has 44 heavy (non-hydrogen) atoms. The van der Waals surface area contributed by atoms with Gasteiger partial charge in [-0.05, 0) is 104 Å². The molecule has 0 spiro atoms. The van der Waals surface area contributed by atoms with Gasteiger partial charge in [-0.1, -0.05) is 60.9 Å². The van der Waals surface area contributed by atoms with Crippen LogP contribution in [0.4, 0.5) is 0 Å². The summed E-state index contributed by atoms with van der Waals surface area (Å²) in [4.78, 5) is 44.8. The Bertz CT molecular complexity index is 1680. The highest BCUT2D eigenvalue weighted by Crippen LogP contribution is 2.66. The maximum Gasteiger partial charge on any atom is 0.204 e. The van der Waals surface area contributed by atoms with Gasteiger partial charge < -0.3 is 14.6 Å². The van der Waals surface area contributed by atoms with Crippen LogP contribution in [0.5, 0.6) is 11.5 Å². The lowest BCUT2D eigenvalue weighted by molar-refractivity contribution is -0.153. The van der Waals surface area contributed by atoms with Gasteiger partial charge in [-0.25, -0.2) is 0 Å². The largest absolute Gasteiger partial charge is 0.504 e. The Kier molecular flexibility index (Phi) is 8.82. The van der Waals surface area contributed by atoms with Crippen molar-refractivity contribution >= 4 is 22.5 Å². The summed E-state index contributed by atoms with van der Waals surface area (Å²) in [5, 5.41) is 20.6. The van der Waals surface area contributed by atoms with Gasteiger partial charge in [0.05, 0.1) is 10.8 Å². The van der Waals surface area contributed by atoms with Gasteiger partial charge in [0, 0.05) is 6.07 Å². The smallest absolute Gasteiger partial charge is 0.204 e. The highest BCUT2D eigenvalue weighted by molar-refractivity contribution is 6.23. The van der Waals surface area contributed by atoms with Crippen molar-refractivity contribution in [3.05, 3.63) is 80.8 Å². The maximum atomic E-state index is 15.4. The van der Waals surface area contributed by atoms with Crippen LogP contribution in [-0.4, -0.2) is 21.8 Å². The molecule has 236 valence electrons. The maximum absolute atomic E-state index is 15.4. The summed E-state index contributed by atoms with van der Waals surface area (Å²) in [5.74, 6) is -1.76. The summed E-state index contributed by atoms with van der Waals surface area (Å²) in [6, 6.07) is 2.33. The number of benzene rings is 1. The lowest BCUT2D eigenvalue weighted by Crippen LogP contribution is -2.68. The van der Waals surface area contributed by atoms with Crippen molar-refractivity contribution in [2.45, 2.75) is 99.8 Å². The molecule has 2 aromatic rings. The van der Waals surface area contributed by atoms with Crippen LogP contribution >= 0.6 is 0 Å². The number of aromatic hydroxyl groups is 2. The van der Waals surface area contributed by atoms with Crippen LogP contribution in [0.3, 0.4) is 0 Å². The molecule has 2 aliphatic carbocycles. The number of Topliss-reactive ketones (excluding diaryl/α,β-unsaturated/α-hetero) is 2. The standard InChI is InChI=1S/C38H48O6/c1-21(2)11-13-25(24(7)8)19-37-20-26(14-12-22(3)4)36(9,10)38(35(37)43,16-15-23(5)6)33(42)31-32(41)27-17-28(39)29(40)18-30(27)44-34(31)37/h11-12,15,17-18,25-26,39-40H,7,13-14,16,19-20H2,1-6,8-10H3/t25-,26+,37+,38-/m0/s1. The molecule has 4 rings (SSSR count). The summed E-state index contributed by atoms with van der Waals surface area (Å²) >= 11 is 0. The molecule has 6 heteroatoms. The van der Waals surface area contributed by atoms with Gasteiger partial charge in [-0.2, -0.15) is 0 Å². The van der Waals surface area contributed by atoms with Gasteiger partial charge in [-0.3, -0.25) is 14.4 Å². The van der Waals surface area contributed by atoms with Crippen molar-refractivity contribution in [1.82, 2.24) is 0 Å². The van der Waals surface area contributed by atoms with Crippen molar-refractivity contribution in [1.29, 1.82) is 0 Å². The van der Waals surface area contributed by atoms with Crippen molar-refractivity contribution in [3.63, 3.8) is 0 Å². The minimum absolute atomic E-state index is 0.00720. The van der Waals surface area contributed by atoms with Crippen molar-refractivity contribution < 1.29 is 24.2 Å². The number of rotatable bonds is 9.